The van der Waals surface area contributed by atoms with Gasteiger partial charge in [0, 0.05) is 12.1 Å². The van der Waals surface area contributed by atoms with Gasteiger partial charge in [0.15, 0.2) is 11.5 Å². The fourth-order valence-corrected chi connectivity index (χ4v) is 3.41. The Kier molecular flexibility index (Phi) is 8.38. The molecule has 1 aliphatic carbocycles. The van der Waals surface area contributed by atoms with Crippen molar-refractivity contribution in [2.75, 3.05) is 34.5 Å². The van der Waals surface area contributed by atoms with E-state index < -0.39 is 24.5 Å². The molecular weight excluding hydrogens is 364 g/mol. The molecule has 0 aromatic heterocycles. The smallest absolute Gasteiger partial charge is 0.252 e. The number of hydrogen-bond donors (Lipinski definition) is 3. The molecule has 156 valence electrons. The monoisotopic (exact) mass is 394 g/mol. The zero-order valence-corrected chi connectivity index (χ0v) is 16.7. The normalized spacial score (nSPS) is 15.4. The molecule has 1 aliphatic rings. The molecule has 8 heteroatoms. The SMILES string of the molecule is COc1cc(C(=O)N[C@@H](CO)C(=O)NCC2CCCCC2)cc(OC)c1OC. The van der Waals surface area contributed by atoms with Gasteiger partial charge < -0.3 is 30.0 Å². The van der Waals surface area contributed by atoms with Crippen LogP contribution < -0.4 is 24.8 Å². The van der Waals surface area contributed by atoms with Gasteiger partial charge in [-0.2, -0.15) is 0 Å². The number of nitrogens with one attached hydrogen (secondary N) is 2. The molecule has 28 heavy (non-hydrogen) atoms. The maximum absolute atomic E-state index is 12.6. The van der Waals surface area contributed by atoms with Crippen molar-refractivity contribution in [2.45, 2.75) is 38.1 Å². The number of aliphatic hydroxyl groups is 1. The number of methoxy groups -OCH3 is 3. The Morgan fingerprint density at radius 2 is 1.68 bits per heavy atom. The quantitative estimate of drug-likeness (QED) is 0.586. The van der Waals surface area contributed by atoms with Crippen LogP contribution in [-0.2, 0) is 4.79 Å². The van der Waals surface area contributed by atoms with E-state index in [0.717, 1.165) is 12.8 Å². The van der Waals surface area contributed by atoms with E-state index in [4.69, 9.17) is 14.2 Å². The summed E-state index contributed by atoms with van der Waals surface area (Å²) in [5.74, 6) is 0.567. The average Bonchev–Trinajstić information content (AvgIpc) is 2.75. The maximum atomic E-state index is 12.6. The molecule has 0 heterocycles. The largest absolute Gasteiger partial charge is 0.493 e. The number of amides is 2. The third-order valence-electron chi connectivity index (χ3n) is 5.02. The minimum absolute atomic E-state index is 0.230. The van der Waals surface area contributed by atoms with Gasteiger partial charge in [-0.1, -0.05) is 19.3 Å². The molecule has 0 aliphatic heterocycles. The van der Waals surface area contributed by atoms with Crippen LogP contribution in [0.5, 0.6) is 17.2 Å². The van der Waals surface area contributed by atoms with Crippen LogP contribution in [0.3, 0.4) is 0 Å². The van der Waals surface area contributed by atoms with E-state index in [-0.39, 0.29) is 5.56 Å². The zero-order chi connectivity index (χ0) is 20.5. The molecule has 0 bridgehead atoms. The second-order valence-electron chi connectivity index (χ2n) is 6.87. The van der Waals surface area contributed by atoms with Crippen molar-refractivity contribution in [3.63, 3.8) is 0 Å². The van der Waals surface area contributed by atoms with Gasteiger partial charge in [0.2, 0.25) is 11.7 Å². The van der Waals surface area contributed by atoms with Gasteiger partial charge in [-0.05, 0) is 30.9 Å². The molecule has 2 amide bonds. The Morgan fingerprint density at radius 3 is 2.18 bits per heavy atom. The molecule has 1 atom stereocenters. The summed E-state index contributed by atoms with van der Waals surface area (Å²) in [4.78, 5) is 25.0. The lowest BCUT2D eigenvalue weighted by Crippen LogP contribution is -2.49. The van der Waals surface area contributed by atoms with Crippen molar-refractivity contribution in [1.29, 1.82) is 0 Å². The van der Waals surface area contributed by atoms with Crippen molar-refractivity contribution in [1.82, 2.24) is 10.6 Å². The predicted octanol–water partition coefficient (Wildman–Crippen LogP) is 1.50. The van der Waals surface area contributed by atoms with Crippen molar-refractivity contribution >= 4 is 11.8 Å². The van der Waals surface area contributed by atoms with Crippen LogP contribution in [0, 0.1) is 5.92 Å². The zero-order valence-electron chi connectivity index (χ0n) is 16.7. The summed E-state index contributed by atoms with van der Waals surface area (Å²) >= 11 is 0. The summed E-state index contributed by atoms with van der Waals surface area (Å²) in [6.07, 6.45) is 5.81. The van der Waals surface area contributed by atoms with Crippen LogP contribution in [0.2, 0.25) is 0 Å². The Labute approximate surface area is 165 Å². The molecule has 1 aromatic rings. The van der Waals surface area contributed by atoms with E-state index in [1.54, 1.807) is 0 Å². The van der Waals surface area contributed by atoms with E-state index in [1.165, 1.54) is 52.7 Å². The van der Waals surface area contributed by atoms with Crippen LogP contribution in [0.4, 0.5) is 0 Å². The van der Waals surface area contributed by atoms with Crippen LogP contribution in [0.25, 0.3) is 0 Å². The second-order valence-corrected chi connectivity index (χ2v) is 6.87. The molecular formula is C20H30N2O6. The molecule has 1 saturated carbocycles. The summed E-state index contributed by atoms with van der Waals surface area (Å²) in [6, 6.07) is 1.95. The Bertz CT molecular complexity index is 648. The van der Waals surface area contributed by atoms with E-state index in [9.17, 15) is 14.7 Å². The van der Waals surface area contributed by atoms with E-state index in [1.807, 2.05) is 0 Å². The number of aliphatic hydroxyl groups excluding tert-OH is 1. The summed E-state index contributed by atoms with van der Waals surface area (Å²) in [5, 5.41) is 15.0. The number of hydrogen-bond acceptors (Lipinski definition) is 6. The topological polar surface area (TPSA) is 106 Å². The first-order valence-corrected chi connectivity index (χ1v) is 9.53. The number of carbonyl (C=O) groups is 2. The van der Waals surface area contributed by atoms with Crippen molar-refractivity contribution in [3.8, 4) is 17.2 Å². The minimum Gasteiger partial charge on any atom is -0.493 e. The number of carbonyl (C=O) groups excluding carboxylic acids is 2. The molecule has 1 aromatic carbocycles. The number of ether oxygens (including phenoxy) is 3. The van der Waals surface area contributed by atoms with Gasteiger partial charge in [-0.3, -0.25) is 9.59 Å². The lowest BCUT2D eigenvalue weighted by molar-refractivity contribution is -0.124. The molecule has 0 radical (unpaired) electrons. The first-order chi connectivity index (χ1) is 13.5. The van der Waals surface area contributed by atoms with Crippen molar-refractivity contribution < 1.29 is 28.9 Å². The summed E-state index contributed by atoms with van der Waals surface area (Å²) in [5.41, 5.74) is 0.230. The Balaban J connectivity index is 2.03. The molecule has 3 N–H and O–H groups in total. The van der Waals surface area contributed by atoms with Gasteiger partial charge >= 0.3 is 0 Å². The summed E-state index contributed by atoms with van der Waals surface area (Å²) < 4.78 is 15.7. The highest BCUT2D eigenvalue weighted by Gasteiger charge is 2.24. The fourth-order valence-electron chi connectivity index (χ4n) is 3.41. The van der Waals surface area contributed by atoms with Crippen LogP contribution in [0.15, 0.2) is 12.1 Å². The van der Waals surface area contributed by atoms with Crippen LogP contribution in [-0.4, -0.2) is 57.4 Å². The van der Waals surface area contributed by atoms with Crippen molar-refractivity contribution in [2.24, 2.45) is 5.92 Å². The van der Waals surface area contributed by atoms with E-state index >= 15 is 0 Å². The first kappa shape index (κ1) is 21.8. The molecule has 0 spiro atoms. The van der Waals surface area contributed by atoms with Gasteiger partial charge in [0.25, 0.3) is 5.91 Å². The molecule has 0 saturated heterocycles. The minimum atomic E-state index is -1.03. The molecule has 1 fully saturated rings. The van der Waals surface area contributed by atoms with E-state index in [0.29, 0.717) is 29.7 Å². The van der Waals surface area contributed by atoms with Crippen LogP contribution >= 0.6 is 0 Å². The van der Waals surface area contributed by atoms with Crippen LogP contribution in [0.1, 0.15) is 42.5 Å². The molecule has 2 rings (SSSR count). The third-order valence-corrected chi connectivity index (χ3v) is 5.02. The molecule has 8 nitrogen and oxygen atoms in total. The molecule has 0 unspecified atom stereocenters. The highest BCUT2D eigenvalue weighted by molar-refractivity contribution is 5.98. The van der Waals surface area contributed by atoms with Crippen molar-refractivity contribution in [3.05, 3.63) is 17.7 Å². The maximum Gasteiger partial charge on any atom is 0.252 e. The highest BCUT2D eigenvalue weighted by Crippen LogP contribution is 2.38. The number of benzene rings is 1. The summed E-state index contributed by atoms with van der Waals surface area (Å²) in [6.45, 7) is 0.0715. The van der Waals surface area contributed by atoms with Gasteiger partial charge in [0.05, 0.1) is 27.9 Å². The first-order valence-electron chi connectivity index (χ1n) is 9.53. The average molecular weight is 394 g/mol. The Morgan fingerprint density at radius 1 is 1.07 bits per heavy atom. The second kappa shape index (κ2) is 10.8. The van der Waals surface area contributed by atoms with Gasteiger partial charge in [-0.15, -0.1) is 0 Å². The summed E-state index contributed by atoms with van der Waals surface area (Å²) in [7, 11) is 4.38. The predicted molar refractivity (Wildman–Crippen MR) is 104 cm³/mol. The fraction of sp³-hybridized carbons (Fsp3) is 0.600. The third kappa shape index (κ3) is 5.51. The lowest BCUT2D eigenvalue weighted by Gasteiger charge is -2.23. The van der Waals surface area contributed by atoms with E-state index in [2.05, 4.69) is 10.6 Å². The standard InChI is InChI=1S/C20H30N2O6/c1-26-16-9-14(10-17(27-2)18(16)28-3)19(24)22-15(12-23)20(25)21-11-13-7-5-4-6-8-13/h9-10,13,15,23H,4-8,11-12H2,1-3H3,(H,21,25)(H,22,24)/t15-/m0/s1. The van der Waals surface area contributed by atoms with Gasteiger partial charge in [0.1, 0.15) is 6.04 Å². The number of rotatable bonds is 9. The lowest BCUT2D eigenvalue weighted by atomic mass is 9.89. The Hall–Kier alpha value is -2.48. The van der Waals surface area contributed by atoms with Gasteiger partial charge in [-0.25, -0.2) is 0 Å². The highest BCUT2D eigenvalue weighted by atomic mass is 16.5.